The molecule has 0 amide bonds. The van der Waals surface area contributed by atoms with E-state index in [1.165, 1.54) is 12.8 Å². The zero-order valence-corrected chi connectivity index (χ0v) is 19.6. The van der Waals surface area contributed by atoms with Crippen LogP contribution in [-0.2, 0) is 11.2 Å². The number of H-pyrrole nitrogens is 1. The molecule has 1 aliphatic carbocycles. The van der Waals surface area contributed by atoms with Crippen LogP contribution in [0.1, 0.15) is 49.8 Å². The Kier molecular flexibility index (Phi) is 5.02. The fraction of sp³-hybridized carbons (Fsp3) is 0.375. The second-order valence-corrected chi connectivity index (χ2v) is 9.71. The molecule has 2 fully saturated rings. The maximum Gasteiger partial charge on any atom is 0.246 e. The van der Waals surface area contributed by atoms with E-state index in [1.807, 2.05) is 42.3 Å². The minimum absolute atomic E-state index is 0.111. The van der Waals surface area contributed by atoms with Gasteiger partial charge in [-0.15, -0.1) is 5.10 Å². The number of pyridine rings is 1. The van der Waals surface area contributed by atoms with Gasteiger partial charge < -0.3 is 10.2 Å². The number of anilines is 3. The van der Waals surface area contributed by atoms with E-state index in [0.29, 0.717) is 29.4 Å². The third kappa shape index (κ3) is 3.79. The van der Waals surface area contributed by atoms with Crippen molar-refractivity contribution in [3.8, 4) is 0 Å². The van der Waals surface area contributed by atoms with E-state index in [1.54, 1.807) is 16.8 Å². The summed E-state index contributed by atoms with van der Waals surface area (Å²) in [6.07, 6.45) is 7.84. The lowest BCUT2D eigenvalue weighted by Gasteiger charge is -2.34. The average Bonchev–Trinajstić information content (AvgIpc) is 3.19. The van der Waals surface area contributed by atoms with Crippen LogP contribution in [-0.4, -0.2) is 47.6 Å². The normalized spacial score (nSPS) is 20.2. The number of carbonyl (C=O) groups is 1. The van der Waals surface area contributed by atoms with Crippen LogP contribution in [0, 0.1) is 0 Å². The molecule has 1 aliphatic heterocycles. The lowest BCUT2D eigenvalue weighted by Crippen LogP contribution is -2.49. The van der Waals surface area contributed by atoms with Crippen molar-refractivity contribution >= 4 is 40.5 Å². The van der Waals surface area contributed by atoms with Crippen molar-refractivity contribution in [2.75, 3.05) is 16.8 Å². The number of aromatic amines is 1. The summed E-state index contributed by atoms with van der Waals surface area (Å²) in [4.78, 5) is 24.4. The van der Waals surface area contributed by atoms with Gasteiger partial charge >= 0.3 is 0 Å². The molecule has 2 aliphatic rings. The number of hydrogen-bond donors (Lipinski definition) is 2. The molecule has 0 bridgehead atoms. The van der Waals surface area contributed by atoms with Gasteiger partial charge in [-0.1, -0.05) is 11.6 Å². The zero-order chi connectivity index (χ0) is 23.3. The number of Topliss-reactive ketones (excluding diaryl/α,β-unsaturated/α-hetero) is 1. The van der Waals surface area contributed by atoms with Gasteiger partial charge in [0.2, 0.25) is 5.95 Å². The summed E-state index contributed by atoms with van der Waals surface area (Å²) in [6, 6.07) is 9.51. The Morgan fingerprint density at radius 2 is 2.21 bits per heavy atom. The molecule has 4 aromatic heterocycles. The molecular formula is C24H25ClN8O. The van der Waals surface area contributed by atoms with E-state index in [-0.39, 0.29) is 12.2 Å². The summed E-state index contributed by atoms with van der Waals surface area (Å²) in [7, 11) is 0. The van der Waals surface area contributed by atoms with Gasteiger partial charge in [0.15, 0.2) is 17.4 Å². The Labute approximate surface area is 201 Å². The molecule has 10 heteroatoms. The first-order valence-corrected chi connectivity index (χ1v) is 12.0. The fourth-order valence-electron chi connectivity index (χ4n) is 4.76. The highest BCUT2D eigenvalue weighted by Gasteiger charge is 2.44. The highest BCUT2D eigenvalue weighted by molar-refractivity contribution is 6.29. The Morgan fingerprint density at radius 3 is 3.03 bits per heavy atom. The molecule has 0 radical (unpaired) electrons. The maximum absolute atomic E-state index is 13.5. The zero-order valence-electron chi connectivity index (χ0n) is 18.8. The van der Waals surface area contributed by atoms with Crippen LogP contribution in [0.25, 0.3) is 5.52 Å². The van der Waals surface area contributed by atoms with Crippen LogP contribution in [0.4, 0.5) is 17.6 Å². The van der Waals surface area contributed by atoms with Gasteiger partial charge in [-0.05, 0) is 62.4 Å². The molecule has 2 N–H and O–H groups in total. The first-order valence-electron chi connectivity index (χ1n) is 11.6. The molecule has 5 heterocycles. The number of nitrogens with one attached hydrogen (secondary N) is 2. The number of ketones is 1. The van der Waals surface area contributed by atoms with Gasteiger partial charge in [-0.2, -0.15) is 10.1 Å². The minimum Gasteiger partial charge on any atom is -0.327 e. The molecule has 9 nitrogen and oxygen atoms in total. The van der Waals surface area contributed by atoms with Crippen LogP contribution in [0.3, 0.4) is 0 Å². The number of nitrogens with zero attached hydrogens (tertiary/aromatic N) is 6. The number of hydrogen-bond acceptors (Lipinski definition) is 7. The summed E-state index contributed by atoms with van der Waals surface area (Å²) in [5, 5.41) is 16.0. The molecule has 0 aromatic carbocycles. The molecule has 1 saturated carbocycles. The van der Waals surface area contributed by atoms with Gasteiger partial charge in [0, 0.05) is 43.0 Å². The Morgan fingerprint density at radius 1 is 1.32 bits per heavy atom. The number of fused-ring (bicyclic) bond motifs is 1. The van der Waals surface area contributed by atoms with E-state index in [0.717, 1.165) is 35.4 Å². The highest BCUT2D eigenvalue weighted by atomic mass is 35.5. The highest BCUT2D eigenvalue weighted by Crippen LogP contribution is 2.40. The number of halogens is 1. The SMILES string of the molecule is C[C@@]1(C(=O)Cc2ccnc(Cl)c2)CCCN1c1nc(Nc2cc(C3CC3)[nH]n2)c2cccn2n1. The summed E-state index contributed by atoms with van der Waals surface area (Å²) in [5.41, 5.74) is 2.14. The maximum atomic E-state index is 13.5. The van der Waals surface area contributed by atoms with Crippen LogP contribution in [0.15, 0.2) is 42.7 Å². The fourth-order valence-corrected chi connectivity index (χ4v) is 4.95. The van der Waals surface area contributed by atoms with Crippen LogP contribution >= 0.6 is 11.6 Å². The summed E-state index contributed by atoms with van der Waals surface area (Å²) in [6.45, 7) is 2.69. The smallest absolute Gasteiger partial charge is 0.246 e. The Hall–Kier alpha value is -3.46. The Bertz CT molecular complexity index is 1380. The number of aromatic nitrogens is 6. The molecule has 174 valence electrons. The second kappa shape index (κ2) is 8.09. The topological polar surface area (TPSA) is 104 Å². The van der Waals surface area contributed by atoms with Crippen LogP contribution in [0.2, 0.25) is 5.15 Å². The predicted octanol–water partition coefficient (Wildman–Crippen LogP) is 4.29. The van der Waals surface area contributed by atoms with Crippen molar-refractivity contribution < 1.29 is 4.79 Å². The van der Waals surface area contributed by atoms with Crippen LogP contribution in [0.5, 0.6) is 0 Å². The van der Waals surface area contributed by atoms with Gasteiger partial charge in [0.1, 0.15) is 10.7 Å². The molecule has 6 rings (SSSR count). The molecule has 34 heavy (non-hydrogen) atoms. The van der Waals surface area contributed by atoms with E-state index in [2.05, 4.69) is 20.5 Å². The molecule has 4 aromatic rings. The van der Waals surface area contributed by atoms with Gasteiger partial charge in [-0.25, -0.2) is 9.50 Å². The quantitative estimate of drug-likeness (QED) is 0.383. The van der Waals surface area contributed by atoms with Crippen molar-refractivity contribution in [2.24, 2.45) is 0 Å². The molecular weight excluding hydrogens is 452 g/mol. The van der Waals surface area contributed by atoms with Crippen molar-refractivity contribution in [3.63, 3.8) is 0 Å². The van der Waals surface area contributed by atoms with Crippen molar-refractivity contribution in [3.05, 3.63) is 59.1 Å². The second-order valence-electron chi connectivity index (χ2n) is 9.32. The Balaban J connectivity index is 1.31. The van der Waals surface area contributed by atoms with Gasteiger partial charge in [0.05, 0.1) is 5.54 Å². The predicted molar refractivity (Wildman–Crippen MR) is 130 cm³/mol. The largest absolute Gasteiger partial charge is 0.327 e. The van der Waals surface area contributed by atoms with Gasteiger partial charge in [-0.3, -0.25) is 9.89 Å². The minimum atomic E-state index is -0.709. The molecule has 0 unspecified atom stereocenters. The van der Waals surface area contributed by atoms with Crippen molar-refractivity contribution in [1.29, 1.82) is 0 Å². The third-order valence-corrected chi connectivity index (χ3v) is 7.09. The summed E-state index contributed by atoms with van der Waals surface area (Å²) in [5.74, 6) is 2.60. The average molecular weight is 477 g/mol. The van der Waals surface area contributed by atoms with Crippen molar-refractivity contribution in [2.45, 2.75) is 50.5 Å². The first kappa shape index (κ1) is 21.1. The van der Waals surface area contributed by atoms with Gasteiger partial charge in [0.25, 0.3) is 0 Å². The van der Waals surface area contributed by atoms with E-state index < -0.39 is 5.54 Å². The monoisotopic (exact) mass is 476 g/mol. The van der Waals surface area contributed by atoms with E-state index in [4.69, 9.17) is 21.7 Å². The summed E-state index contributed by atoms with van der Waals surface area (Å²) < 4.78 is 1.80. The number of carbonyl (C=O) groups excluding carboxylic acids is 1. The number of rotatable bonds is 7. The lowest BCUT2D eigenvalue weighted by molar-refractivity contribution is -0.122. The van der Waals surface area contributed by atoms with E-state index >= 15 is 0 Å². The molecule has 0 spiro atoms. The third-order valence-electron chi connectivity index (χ3n) is 6.88. The lowest BCUT2D eigenvalue weighted by atomic mass is 9.89. The van der Waals surface area contributed by atoms with E-state index in [9.17, 15) is 4.79 Å². The standard InChI is InChI=1S/C24H25ClN8O/c1-24(19(34)12-15-7-9-26-20(25)13-15)8-3-10-32(24)23-28-22(18-4-2-11-33(18)31-23)27-21-14-17(29-30-21)16-5-6-16/h2,4,7,9,11,13-14,16H,3,5-6,8,10,12H2,1H3,(H2,27,28,29,30,31)/t24-/m0/s1. The summed E-state index contributed by atoms with van der Waals surface area (Å²) >= 11 is 6.03. The molecule has 1 saturated heterocycles. The van der Waals surface area contributed by atoms with Crippen molar-refractivity contribution in [1.82, 2.24) is 29.8 Å². The molecule has 1 atom stereocenters. The van der Waals surface area contributed by atoms with Crippen LogP contribution < -0.4 is 10.2 Å². The first-order chi connectivity index (χ1) is 16.5.